The van der Waals surface area contributed by atoms with E-state index in [1.807, 2.05) is 0 Å². The molecule has 0 aliphatic heterocycles. The lowest BCUT2D eigenvalue weighted by molar-refractivity contribution is 0.117. The van der Waals surface area contributed by atoms with Crippen LogP contribution in [0.1, 0.15) is 11.7 Å². The summed E-state index contributed by atoms with van der Waals surface area (Å²) in [6.45, 7) is -0.247. The van der Waals surface area contributed by atoms with Gasteiger partial charge in [0.1, 0.15) is 6.54 Å². The minimum absolute atomic E-state index is 0.247. The maximum Gasteiger partial charge on any atom is 0.257 e. The average molecular weight is 206 g/mol. The van der Waals surface area contributed by atoms with Gasteiger partial charge in [-0.2, -0.15) is 0 Å². The molecule has 5 nitrogen and oxygen atoms in total. The Balaban J connectivity index is 2.70. The molecule has 0 aliphatic carbocycles. The second-order valence-electron chi connectivity index (χ2n) is 2.79. The van der Waals surface area contributed by atoms with Crippen molar-refractivity contribution in [3.63, 3.8) is 0 Å². The normalized spacial score (nSPS) is 13.5. The molecule has 0 saturated heterocycles. The number of halogens is 2. The third-order valence-electron chi connectivity index (χ3n) is 1.68. The molecule has 0 fully saturated rings. The third kappa shape index (κ3) is 2.71. The standard InChI is InChI=1S/C7H12F2N4O/c1-14-4-5(10)6-2-11-12-13(6)3-7(8)9/h2,5,7H,3-4,10H2,1H3/t5-/m0/s1. The topological polar surface area (TPSA) is 66.0 Å². The summed E-state index contributed by atoms with van der Waals surface area (Å²) in [5.74, 6) is 0. The van der Waals surface area contributed by atoms with E-state index in [2.05, 4.69) is 10.3 Å². The van der Waals surface area contributed by atoms with Crippen molar-refractivity contribution >= 4 is 0 Å². The number of hydrogen-bond donors (Lipinski definition) is 1. The first-order valence-electron chi connectivity index (χ1n) is 4.06. The molecule has 2 N–H and O–H groups in total. The van der Waals surface area contributed by atoms with E-state index >= 15 is 0 Å². The highest BCUT2D eigenvalue weighted by Crippen LogP contribution is 2.09. The first-order chi connectivity index (χ1) is 6.65. The molecule has 0 amide bonds. The molecule has 14 heavy (non-hydrogen) atoms. The molecule has 1 heterocycles. The molecule has 0 radical (unpaired) electrons. The lowest BCUT2D eigenvalue weighted by atomic mass is 10.2. The highest BCUT2D eigenvalue weighted by Gasteiger charge is 2.15. The molecule has 1 aromatic heterocycles. The summed E-state index contributed by atoms with van der Waals surface area (Å²) in [4.78, 5) is 0. The number of alkyl halides is 2. The highest BCUT2D eigenvalue weighted by molar-refractivity contribution is 5.01. The second-order valence-corrected chi connectivity index (χ2v) is 2.79. The molecule has 1 atom stereocenters. The van der Waals surface area contributed by atoms with Crippen LogP contribution in [0, 0.1) is 0 Å². The molecule has 0 saturated carbocycles. The van der Waals surface area contributed by atoms with Crippen LogP contribution in [0.2, 0.25) is 0 Å². The molecule has 0 bridgehead atoms. The zero-order chi connectivity index (χ0) is 10.6. The number of aromatic nitrogens is 3. The fourth-order valence-corrected chi connectivity index (χ4v) is 1.09. The van der Waals surface area contributed by atoms with Gasteiger partial charge in [-0.15, -0.1) is 5.10 Å². The average Bonchev–Trinajstić information content (AvgIpc) is 2.51. The minimum atomic E-state index is -2.47. The molecule has 1 aromatic rings. The molecule has 7 heteroatoms. The molecule has 0 aromatic carbocycles. The summed E-state index contributed by atoms with van der Waals surface area (Å²) < 4.78 is 30.0. The van der Waals surface area contributed by atoms with Gasteiger partial charge in [-0.25, -0.2) is 13.5 Å². The van der Waals surface area contributed by atoms with E-state index in [0.717, 1.165) is 4.68 Å². The van der Waals surface area contributed by atoms with Crippen molar-refractivity contribution in [3.8, 4) is 0 Å². The Hall–Kier alpha value is -1.08. The predicted molar refractivity (Wildman–Crippen MR) is 44.8 cm³/mol. The van der Waals surface area contributed by atoms with Gasteiger partial charge in [0, 0.05) is 7.11 Å². The summed E-state index contributed by atoms with van der Waals surface area (Å²) in [6.07, 6.45) is -1.10. The van der Waals surface area contributed by atoms with Crippen molar-refractivity contribution in [2.75, 3.05) is 13.7 Å². The van der Waals surface area contributed by atoms with Crippen LogP contribution < -0.4 is 5.73 Å². The number of methoxy groups -OCH3 is 1. The highest BCUT2D eigenvalue weighted by atomic mass is 19.3. The Morgan fingerprint density at radius 2 is 2.36 bits per heavy atom. The maximum atomic E-state index is 12.1. The Labute approximate surface area is 79.8 Å². The summed E-state index contributed by atoms with van der Waals surface area (Å²) >= 11 is 0. The summed E-state index contributed by atoms with van der Waals surface area (Å²) in [5.41, 5.74) is 6.11. The molecular formula is C7H12F2N4O. The van der Waals surface area contributed by atoms with Crippen LogP contribution in [-0.4, -0.2) is 35.1 Å². The van der Waals surface area contributed by atoms with Crippen molar-refractivity contribution in [2.45, 2.75) is 19.0 Å². The van der Waals surface area contributed by atoms with Crippen LogP contribution in [0.5, 0.6) is 0 Å². The lowest BCUT2D eigenvalue weighted by Gasteiger charge is -2.11. The van der Waals surface area contributed by atoms with Gasteiger partial charge in [-0.05, 0) is 0 Å². The van der Waals surface area contributed by atoms with E-state index in [1.54, 1.807) is 0 Å². The van der Waals surface area contributed by atoms with Gasteiger partial charge in [0.15, 0.2) is 0 Å². The van der Waals surface area contributed by atoms with E-state index < -0.39 is 19.0 Å². The zero-order valence-corrected chi connectivity index (χ0v) is 7.73. The predicted octanol–water partition coefficient (Wildman–Crippen LogP) is 0.189. The number of hydrogen-bond acceptors (Lipinski definition) is 4. The molecule has 0 spiro atoms. The minimum Gasteiger partial charge on any atom is -0.383 e. The van der Waals surface area contributed by atoms with Crippen LogP contribution in [0.25, 0.3) is 0 Å². The van der Waals surface area contributed by atoms with E-state index in [9.17, 15) is 8.78 Å². The first-order valence-corrected chi connectivity index (χ1v) is 4.06. The molecule has 0 aliphatic rings. The monoisotopic (exact) mass is 206 g/mol. The number of nitrogens with zero attached hydrogens (tertiary/aromatic N) is 3. The van der Waals surface area contributed by atoms with Gasteiger partial charge < -0.3 is 10.5 Å². The van der Waals surface area contributed by atoms with Gasteiger partial charge in [0.25, 0.3) is 6.43 Å². The van der Waals surface area contributed by atoms with Crippen LogP contribution in [0.15, 0.2) is 6.20 Å². The summed E-state index contributed by atoms with van der Waals surface area (Å²) in [6, 6.07) is -0.478. The van der Waals surface area contributed by atoms with Crippen molar-refractivity contribution in [1.29, 1.82) is 0 Å². The quantitative estimate of drug-likeness (QED) is 0.746. The Morgan fingerprint density at radius 3 is 2.93 bits per heavy atom. The van der Waals surface area contributed by atoms with Crippen LogP contribution in [0.4, 0.5) is 8.78 Å². The smallest absolute Gasteiger partial charge is 0.257 e. The van der Waals surface area contributed by atoms with Crippen LogP contribution in [-0.2, 0) is 11.3 Å². The number of rotatable bonds is 5. The van der Waals surface area contributed by atoms with Crippen LogP contribution >= 0.6 is 0 Å². The number of nitrogens with two attached hydrogens (primary N) is 1. The Kier molecular flexibility index (Phi) is 3.90. The van der Waals surface area contributed by atoms with Crippen molar-refractivity contribution in [1.82, 2.24) is 15.0 Å². The lowest BCUT2D eigenvalue weighted by Crippen LogP contribution is -2.22. The van der Waals surface area contributed by atoms with E-state index in [0.29, 0.717) is 5.69 Å². The van der Waals surface area contributed by atoms with E-state index in [4.69, 9.17) is 10.5 Å². The maximum absolute atomic E-state index is 12.1. The Bertz CT molecular complexity index is 278. The SMILES string of the molecule is COC[C@H](N)c1cnnn1CC(F)F. The summed E-state index contributed by atoms with van der Waals surface area (Å²) in [7, 11) is 1.49. The summed E-state index contributed by atoms with van der Waals surface area (Å²) in [5, 5.41) is 7.03. The van der Waals surface area contributed by atoms with Gasteiger partial charge in [-0.1, -0.05) is 5.21 Å². The van der Waals surface area contributed by atoms with Crippen molar-refractivity contribution < 1.29 is 13.5 Å². The van der Waals surface area contributed by atoms with Crippen molar-refractivity contribution in [2.24, 2.45) is 5.73 Å². The third-order valence-corrected chi connectivity index (χ3v) is 1.68. The Morgan fingerprint density at radius 1 is 1.64 bits per heavy atom. The fourth-order valence-electron chi connectivity index (χ4n) is 1.09. The van der Waals surface area contributed by atoms with E-state index in [-0.39, 0.29) is 6.61 Å². The first kappa shape index (κ1) is 11.0. The molecular weight excluding hydrogens is 194 g/mol. The zero-order valence-electron chi connectivity index (χ0n) is 7.73. The van der Waals surface area contributed by atoms with Gasteiger partial charge in [0.2, 0.25) is 0 Å². The van der Waals surface area contributed by atoms with Crippen LogP contribution in [0.3, 0.4) is 0 Å². The van der Waals surface area contributed by atoms with Crippen molar-refractivity contribution in [3.05, 3.63) is 11.9 Å². The molecule has 1 rings (SSSR count). The van der Waals surface area contributed by atoms with Gasteiger partial charge in [0.05, 0.1) is 24.5 Å². The largest absolute Gasteiger partial charge is 0.383 e. The molecule has 80 valence electrons. The van der Waals surface area contributed by atoms with Gasteiger partial charge in [-0.3, -0.25) is 0 Å². The van der Waals surface area contributed by atoms with Gasteiger partial charge >= 0.3 is 0 Å². The number of ether oxygens (including phenoxy) is 1. The fraction of sp³-hybridized carbons (Fsp3) is 0.714. The molecule has 0 unspecified atom stereocenters. The second kappa shape index (κ2) is 4.97. The van der Waals surface area contributed by atoms with E-state index in [1.165, 1.54) is 13.3 Å².